The molecule has 0 radical (unpaired) electrons. The molecule has 90 valence electrons. The minimum atomic E-state index is -3.99. The van der Waals surface area contributed by atoms with Crippen LogP contribution in [0, 0.1) is 5.92 Å². The maximum atomic E-state index is 11.9. The van der Waals surface area contributed by atoms with Gasteiger partial charge in [0.15, 0.2) is 0 Å². The van der Waals surface area contributed by atoms with Crippen LogP contribution in [0.3, 0.4) is 0 Å². The second kappa shape index (κ2) is 5.73. The molecule has 15 heavy (non-hydrogen) atoms. The van der Waals surface area contributed by atoms with Gasteiger partial charge in [-0.3, -0.25) is 0 Å². The molecule has 0 spiro atoms. The molecule has 0 aromatic heterocycles. The lowest BCUT2D eigenvalue weighted by molar-refractivity contribution is -0.135. The number of nitrogens with one attached hydrogen (secondary N) is 1. The Morgan fingerprint density at radius 1 is 1.33 bits per heavy atom. The van der Waals surface area contributed by atoms with Gasteiger partial charge in [0.1, 0.15) is 0 Å². The van der Waals surface area contributed by atoms with Crippen molar-refractivity contribution in [1.82, 2.24) is 5.32 Å². The summed E-state index contributed by atoms with van der Waals surface area (Å²) in [6.07, 6.45) is 0.0680. The molecule has 0 aromatic carbocycles. The third kappa shape index (κ3) is 7.65. The molecule has 1 N–H and O–H groups in total. The zero-order valence-electron chi connectivity index (χ0n) is 9.24. The summed E-state index contributed by atoms with van der Waals surface area (Å²) in [5.74, 6) is 0.889. The van der Waals surface area contributed by atoms with E-state index in [1.165, 1.54) is 19.3 Å². The number of hydrogen-bond acceptors (Lipinski definition) is 1. The highest BCUT2D eigenvalue weighted by atomic mass is 19.4. The predicted molar refractivity (Wildman–Crippen MR) is 54.7 cm³/mol. The fraction of sp³-hybridized carbons (Fsp3) is 1.00. The van der Waals surface area contributed by atoms with Crippen LogP contribution in [0.1, 0.15) is 45.4 Å². The lowest BCUT2D eigenvalue weighted by Gasteiger charge is -2.14. The standard InChI is InChI=1S/C11H20F3N/c1-9(3-2-7-11(12,13)14)15-8-6-10-4-5-10/h9-10,15H,2-8H2,1H3. The SMILES string of the molecule is CC(CCCC(F)(F)F)NCCC1CC1. The normalized spacial score (nSPS) is 19.2. The van der Waals surface area contributed by atoms with E-state index in [0.717, 1.165) is 12.5 Å². The van der Waals surface area contributed by atoms with Crippen LogP contribution < -0.4 is 5.32 Å². The fourth-order valence-corrected chi connectivity index (χ4v) is 1.65. The van der Waals surface area contributed by atoms with Crippen LogP contribution in [-0.2, 0) is 0 Å². The lowest BCUT2D eigenvalue weighted by atomic mass is 10.1. The van der Waals surface area contributed by atoms with Gasteiger partial charge in [-0.05, 0) is 38.6 Å². The van der Waals surface area contributed by atoms with Crippen molar-refractivity contribution in [2.24, 2.45) is 5.92 Å². The Morgan fingerprint density at radius 2 is 2.00 bits per heavy atom. The van der Waals surface area contributed by atoms with E-state index in [4.69, 9.17) is 0 Å². The van der Waals surface area contributed by atoms with E-state index in [9.17, 15) is 13.2 Å². The number of hydrogen-bond donors (Lipinski definition) is 1. The summed E-state index contributed by atoms with van der Waals surface area (Å²) in [5, 5.41) is 3.27. The van der Waals surface area contributed by atoms with Crippen LogP contribution in [0.4, 0.5) is 13.2 Å². The Morgan fingerprint density at radius 3 is 2.53 bits per heavy atom. The summed E-state index contributed by atoms with van der Waals surface area (Å²) >= 11 is 0. The molecule has 0 aliphatic heterocycles. The van der Waals surface area contributed by atoms with Gasteiger partial charge in [0, 0.05) is 12.5 Å². The maximum absolute atomic E-state index is 11.9. The molecule has 4 heteroatoms. The minimum Gasteiger partial charge on any atom is -0.314 e. The van der Waals surface area contributed by atoms with Crippen molar-refractivity contribution in [3.8, 4) is 0 Å². The monoisotopic (exact) mass is 223 g/mol. The zero-order chi connectivity index (χ0) is 11.3. The summed E-state index contributed by atoms with van der Waals surface area (Å²) in [6.45, 7) is 2.92. The largest absolute Gasteiger partial charge is 0.389 e. The van der Waals surface area contributed by atoms with Gasteiger partial charge in [-0.15, -0.1) is 0 Å². The molecule has 0 amide bonds. The van der Waals surface area contributed by atoms with Crippen molar-refractivity contribution in [1.29, 1.82) is 0 Å². The Kier molecular flexibility index (Phi) is 4.90. The second-order valence-corrected chi connectivity index (χ2v) is 4.59. The summed E-state index contributed by atoms with van der Waals surface area (Å²) in [5.41, 5.74) is 0. The molecule has 1 unspecified atom stereocenters. The van der Waals surface area contributed by atoms with Gasteiger partial charge in [0.05, 0.1) is 0 Å². The topological polar surface area (TPSA) is 12.0 Å². The first-order valence-corrected chi connectivity index (χ1v) is 5.77. The van der Waals surface area contributed by atoms with E-state index in [1.807, 2.05) is 6.92 Å². The number of alkyl halides is 3. The first kappa shape index (κ1) is 12.8. The van der Waals surface area contributed by atoms with Crippen LogP contribution in [0.5, 0.6) is 0 Å². The third-order valence-electron chi connectivity index (χ3n) is 2.84. The second-order valence-electron chi connectivity index (χ2n) is 4.59. The molecule has 1 saturated carbocycles. The maximum Gasteiger partial charge on any atom is 0.389 e. The smallest absolute Gasteiger partial charge is 0.314 e. The average molecular weight is 223 g/mol. The summed E-state index contributed by atoms with van der Waals surface area (Å²) in [6, 6.07) is 0.214. The van der Waals surface area contributed by atoms with Crippen molar-refractivity contribution >= 4 is 0 Å². The highest BCUT2D eigenvalue weighted by molar-refractivity contribution is 4.74. The molecule has 1 atom stereocenters. The van der Waals surface area contributed by atoms with Gasteiger partial charge in [0.2, 0.25) is 0 Å². The zero-order valence-corrected chi connectivity index (χ0v) is 9.24. The molecule has 1 nitrogen and oxygen atoms in total. The van der Waals surface area contributed by atoms with Crippen molar-refractivity contribution in [2.75, 3.05) is 6.54 Å². The highest BCUT2D eigenvalue weighted by Crippen LogP contribution is 2.31. The van der Waals surface area contributed by atoms with Crippen molar-refractivity contribution in [3.05, 3.63) is 0 Å². The molecule has 1 aliphatic carbocycles. The van der Waals surface area contributed by atoms with Crippen molar-refractivity contribution < 1.29 is 13.2 Å². The van der Waals surface area contributed by atoms with E-state index >= 15 is 0 Å². The van der Waals surface area contributed by atoms with Gasteiger partial charge in [-0.2, -0.15) is 13.2 Å². The van der Waals surface area contributed by atoms with Crippen molar-refractivity contribution in [3.63, 3.8) is 0 Å². The van der Waals surface area contributed by atoms with Crippen LogP contribution in [0.2, 0.25) is 0 Å². The molecular weight excluding hydrogens is 203 g/mol. The van der Waals surface area contributed by atoms with E-state index in [-0.39, 0.29) is 12.5 Å². The molecule has 0 heterocycles. The Bertz CT molecular complexity index is 175. The molecule has 0 saturated heterocycles. The molecule has 0 bridgehead atoms. The Hall–Kier alpha value is -0.250. The summed E-state index contributed by atoms with van der Waals surface area (Å²) < 4.78 is 35.6. The molecular formula is C11H20F3N. The van der Waals surface area contributed by atoms with Crippen LogP contribution in [0.15, 0.2) is 0 Å². The molecule has 0 aromatic rings. The Labute approximate surface area is 89.4 Å². The lowest BCUT2D eigenvalue weighted by Crippen LogP contribution is -2.27. The quantitative estimate of drug-likeness (QED) is 0.696. The van der Waals surface area contributed by atoms with Crippen LogP contribution in [0.25, 0.3) is 0 Å². The molecule has 1 aliphatic rings. The van der Waals surface area contributed by atoms with Crippen LogP contribution >= 0.6 is 0 Å². The van der Waals surface area contributed by atoms with Gasteiger partial charge in [-0.1, -0.05) is 12.8 Å². The van der Waals surface area contributed by atoms with E-state index in [2.05, 4.69) is 5.32 Å². The van der Waals surface area contributed by atoms with E-state index in [1.54, 1.807) is 0 Å². The molecule has 1 rings (SSSR count). The van der Waals surface area contributed by atoms with Gasteiger partial charge in [0.25, 0.3) is 0 Å². The average Bonchev–Trinajstić information content (AvgIpc) is 2.85. The minimum absolute atomic E-state index is 0.214. The van der Waals surface area contributed by atoms with Gasteiger partial charge >= 0.3 is 6.18 Å². The van der Waals surface area contributed by atoms with Gasteiger partial charge in [-0.25, -0.2) is 0 Å². The Balaban J connectivity index is 1.90. The molecule has 1 fully saturated rings. The number of halogens is 3. The highest BCUT2D eigenvalue weighted by Gasteiger charge is 2.26. The third-order valence-corrected chi connectivity index (χ3v) is 2.84. The van der Waals surface area contributed by atoms with Crippen molar-refractivity contribution in [2.45, 2.75) is 57.7 Å². The van der Waals surface area contributed by atoms with Crippen LogP contribution in [-0.4, -0.2) is 18.8 Å². The first-order valence-electron chi connectivity index (χ1n) is 5.77. The predicted octanol–water partition coefficient (Wildman–Crippen LogP) is 3.50. The van der Waals surface area contributed by atoms with E-state index < -0.39 is 12.6 Å². The first-order chi connectivity index (χ1) is 6.97. The number of rotatable bonds is 7. The van der Waals surface area contributed by atoms with Gasteiger partial charge < -0.3 is 5.32 Å². The fourth-order valence-electron chi connectivity index (χ4n) is 1.65. The van der Waals surface area contributed by atoms with E-state index in [0.29, 0.717) is 6.42 Å². The summed E-state index contributed by atoms with van der Waals surface area (Å²) in [4.78, 5) is 0. The summed E-state index contributed by atoms with van der Waals surface area (Å²) in [7, 11) is 0.